The predicted octanol–water partition coefficient (Wildman–Crippen LogP) is 6.13. The molecule has 1 heterocycles. The molecule has 0 aliphatic carbocycles. The monoisotopic (exact) mass is 449 g/mol. The molecule has 0 spiro atoms. The van der Waals surface area contributed by atoms with Gasteiger partial charge in [0.05, 0.1) is 10.9 Å². The Morgan fingerprint density at radius 2 is 1.74 bits per heavy atom. The van der Waals surface area contributed by atoms with E-state index in [-0.39, 0.29) is 23.0 Å². The summed E-state index contributed by atoms with van der Waals surface area (Å²) in [6, 6.07) is 23.0. The molecule has 0 radical (unpaired) electrons. The second kappa shape index (κ2) is 9.49. The highest BCUT2D eigenvalue weighted by molar-refractivity contribution is 8.01. The third kappa shape index (κ3) is 5.24. The molecule has 0 saturated heterocycles. The van der Waals surface area contributed by atoms with Crippen molar-refractivity contribution in [2.45, 2.75) is 28.9 Å². The van der Waals surface area contributed by atoms with Crippen LogP contribution < -0.4 is 15.4 Å². The lowest BCUT2D eigenvalue weighted by Gasteiger charge is -2.26. The number of benzene rings is 3. The maximum Gasteiger partial charge on any atom is 0.255 e. The van der Waals surface area contributed by atoms with Crippen LogP contribution in [-0.2, 0) is 4.79 Å². The number of fused-ring (bicyclic) bond motifs is 1. The molecular weight excluding hydrogens is 426 g/mol. The van der Waals surface area contributed by atoms with Gasteiger partial charge in [0.1, 0.15) is 0 Å². The smallest absolute Gasteiger partial charge is 0.255 e. The molecule has 1 atom stereocenters. The highest BCUT2D eigenvalue weighted by atomic mass is 32.2. The second-order valence-corrected chi connectivity index (χ2v) is 9.59. The molecule has 5 nitrogen and oxygen atoms in total. The molecule has 0 bridgehead atoms. The minimum atomic E-state index is -0.212. The summed E-state index contributed by atoms with van der Waals surface area (Å²) in [5, 5.41) is 5.74. The number of anilines is 3. The molecule has 31 heavy (non-hydrogen) atoms. The number of carbonyl (C=O) groups is 2. The minimum absolute atomic E-state index is 0.0118. The van der Waals surface area contributed by atoms with E-state index in [0.717, 1.165) is 15.5 Å². The van der Waals surface area contributed by atoms with Gasteiger partial charge < -0.3 is 15.4 Å². The number of amides is 2. The van der Waals surface area contributed by atoms with Crippen molar-refractivity contribution in [2.75, 3.05) is 15.4 Å². The lowest BCUT2D eigenvalue weighted by Crippen LogP contribution is -2.32. The topological polar surface area (TPSA) is 70.2 Å². The van der Waals surface area contributed by atoms with Gasteiger partial charge in [-0.2, -0.15) is 0 Å². The fourth-order valence-electron chi connectivity index (χ4n) is 3.14. The van der Waals surface area contributed by atoms with Crippen molar-refractivity contribution in [3.8, 4) is 0 Å². The summed E-state index contributed by atoms with van der Waals surface area (Å²) >= 11 is 3.06. The largest absolute Gasteiger partial charge is 0.326 e. The third-order valence-electron chi connectivity index (χ3n) is 4.79. The van der Waals surface area contributed by atoms with Crippen LogP contribution in [0.4, 0.5) is 17.1 Å². The summed E-state index contributed by atoms with van der Waals surface area (Å²) in [4.78, 5) is 27.0. The molecule has 1 aliphatic heterocycles. The Bertz CT molecular complexity index is 1090. The van der Waals surface area contributed by atoms with Crippen LogP contribution in [0.5, 0.6) is 0 Å². The van der Waals surface area contributed by atoms with E-state index in [2.05, 4.69) is 15.4 Å². The van der Waals surface area contributed by atoms with Crippen molar-refractivity contribution in [3.05, 3.63) is 78.4 Å². The number of rotatable bonds is 6. The van der Waals surface area contributed by atoms with Crippen molar-refractivity contribution in [3.63, 3.8) is 0 Å². The van der Waals surface area contributed by atoms with Gasteiger partial charge in [0.15, 0.2) is 0 Å². The molecule has 0 fully saturated rings. The predicted molar refractivity (Wildman–Crippen MR) is 130 cm³/mol. The van der Waals surface area contributed by atoms with E-state index in [4.69, 9.17) is 0 Å². The first-order valence-corrected chi connectivity index (χ1v) is 11.7. The highest BCUT2D eigenvalue weighted by Crippen LogP contribution is 2.39. The Hall–Kier alpha value is -2.90. The molecule has 2 amide bonds. The second-order valence-electron chi connectivity index (χ2n) is 7.53. The minimum Gasteiger partial charge on any atom is -0.326 e. The Kier molecular flexibility index (Phi) is 6.53. The van der Waals surface area contributed by atoms with E-state index in [1.165, 1.54) is 11.9 Å². The van der Waals surface area contributed by atoms with Crippen molar-refractivity contribution < 1.29 is 9.59 Å². The van der Waals surface area contributed by atoms with E-state index in [1.54, 1.807) is 23.9 Å². The van der Waals surface area contributed by atoms with E-state index < -0.39 is 0 Å². The van der Waals surface area contributed by atoms with Crippen LogP contribution in [0, 0.1) is 5.92 Å². The number of hydrogen-bond donors (Lipinski definition) is 3. The van der Waals surface area contributed by atoms with Gasteiger partial charge in [-0.1, -0.05) is 32.0 Å². The first-order valence-electron chi connectivity index (χ1n) is 10.0. The van der Waals surface area contributed by atoms with Crippen molar-refractivity contribution in [1.29, 1.82) is 0 Å². The fourth-order valence-corrected chi connectivity index (χ4v) is 4.88. The molecule has 158 valence electrons. The van der Waals surface area contributed by atoms with Crippen LogP contribution in [0.3, 0.4) is 0 Å². The number of hydrogen-bond acceptors (Lipinski definition) is 5. The van der Waals surface area contributed by atoms with Crippen LogP contribution in [-0.4, -0.2) is 17.1 Å². The molecule has 3 aromatic carbocycles. The van der Waals surface area contributed by atoms with Gasteiger partial charge >= 0.3 is 0 Å². The fraction of sp³-hybridized carbons (Fsp3) is 0.167. The SMILES string of the molecule is CC(C)C1Sc2ccc(C(=O)Nc3ccc(SNc4ccccc4)cc3)cc2NC1=O. The first-order chi connectivity index (χ1) is 15.0. The van der Waals surface area contributed by atoms with Gasteiger partial charge in [-0.15, -0.1) is 11.8 Å². The third-order valence-corrected chi connectivity index (χ3v) is 7.26. The first kappa shape index (κ1) is 21.3. The molecule has 7 heteroatoms. The van der Waals surface area contributed by atoms with E-state index in [0.29, 0.717) is 16.9 Å². The quantitative estimate of drug-likeness (QED) is 0.395. The molecule has 4 rings (SSSR count). The molecule has 3 aromatic rings. The van der Waals surface area contributed by atoms with Crippen LogP contribution in [0.15, 0.2) is 82.6 Å². The number of para-hydroxylation sites is 1. The molecule has 0 saturated carbocycles. The number of carbonyl (C=O) groups excluding carboxylic acids is 2. The van der Waals surface area contributed by atoms with Gasteiger partial charge in [-0.05, 0) is 72.5 Å². The average molecular weight is 450 g/mol. The van der Waals surface area contributed by atoms with Crippen molar-refractivity contribution in [1.82, 2.24) is 0 Å². The summed E-state index contributed by atoms with van der Waals surface area (Å²) in [6.07, 6.45) is 0. The van der Waals surface area contributed by atoms with Crippen molar-refractivity contribution in [2.24, 2.45) is 5.92 Å². The summed E-state index contributed by atoms with van der Waals surface area (Å²) in [5.41, 5.74) is 2.94. The lowest BCUT2D eigenvalue weighted by atomic mass is 10.1. The van der Waals surface area contributed by atoms with E-state index >= 15 is 0 Å². The normalized spacial score (nSPS) is 15.2. The van der Waals surface area contributed by atoms with Crippen LogP contribution in [0.2, 0.25) is 0 Å². The van der Waals surface area contributed by atoms with E-state index in [9.17, 15) is 9.59 Å². The Morgan fingerprint density at radius 1 is 1.00 bits per heavy atom. The molecule has 0 aromatic heterocycles. The number of thioether (sulfide) groups is 1. The zero-order chi connectivity index (χ0) is 21.8. The average Bonchev–Trinajstić information content (AvgIpc) is 2.78. The Balaban J connectivity index is 1.38. The molecule has 1 unspecified atom stereocenters. The van der Waals surface area contributed by atoms with Crippen LogP contribution in [0.1, 0.15) is 24.2 Å². The van der Waals surface area contributed by atoms with Gasteiger partial charge in [-0.25, -0.2) is 0 Å². The Morgan fingerprint density at radius 3 is 2.45 bits per heavy atom. The summed E-state index contributed by atoms with van der Waals surface area (Å²) < 4.78 is 3.28. The van der Waals surface area contributed by atoms with E-state index in [1.807, 2.05) is 74.5 Å². The molecule has 3 N–H and O–H groups in total. The van der Waals surface area contributed by atoms with Gasteiger partial charge in [-0.3, -0.25) is 9.59 Å². The summed E-state index contributed by atoms with van der Waals surface area (Å²) in [7, 11) is 0. The maximum absolute atomic E-state index is 12.7. The zero-order valence-electron chi connectivity index (χ0n) is 17.2. The Labute approximate surface area is 190 Å². The molecule has 1 aliphatic rings. The number of nitrogens with one attached hydrogen (secondary N) is 3. The maximum atomic E-state index is 12.7. The van der Waals surface area contributed by atoms with Crippen LogP contribution >= 0.6 is 23.7 Å². The van der Waals surface area contributed by atoms with Crippen molar-refractivity contribution >= 4 is 52.6 Å². The summed E-state index contributed by atoms with van der Waals surface area (Å²) in [6.45, 7) is 4.07. The van der Waals surface area contributed by atoms with Crippen LogP contribution in [0.25, 0.3) is 0 Å². The zero-order valence-corrected chi connectivity index (χ0v) is 18.8. The molecular formula is C24H23N3O2S2. The van der Waals surface area contributed by atoms with Gasteiger partial charge in [0.25, 0.3) is 5.91 Å². The lowest BCUT2D eigenvalue weighted by molar-refractivity contribution is -0.116. The summed E-state index contributed by atoms with van der Waals surface area (Å²) in [5.74, 6) is 0.0169. The van der Waals surface area contributed by atoms with Gasteiger partial charge in [0, 0.05) is 26.7 Å². The highest BCUT2D eigenvalue weighted by Gasteiger charge is 2.29. The van der Waals surface area contributed by atoms with Gasteiger partial charge in [0.2, 0.25) is 5.91 Å². The standard InChI is InChI=1S/C24H23N3O2S2/c1-15(2)22-24(29)26-20-14-16(8-13-21(20)30-22)23(28)25-17-9-11-19(12-10-17)31-27-18-6-4-3-5-7-18/h3-15,22,27H,1-2H3,(H,25,28)(H,26,29).